The third-order valence-electron chi connectivity index (χ3n) is 4.16. The Hall–Kier alpha value is -0.610. The lowest BCUT2D eigenvalue weighted by molar-refractivity contribution is -0.138. The smallest absolute Gasteiger partial charge is 0.229 e. The van der Waals surface area contributed by atoms with Gasteiger partial charge in [0.1, 0.15) is 0 Å². The number of ether oxygens (including phenoxy) is 1. The van der Waals surface area contributed by atoms with E-state index in [1.165, 1.54) is 25.7 Å². The van der Waals surface area contributed by atoms with Crippen LogP contribution in [0.3, 0.4) is 0 Å². The number of hydrogen-bond donors (Lipinski definition) is 1. The third-order valence-corrected chi connectivity index (χ3v) is 4.16. The average molecular weight is 240 g/mol. The molecule has 17 heavy (non-hydrogen) atoms. The monoisotopic (exact) mass is 240 g/mol. The molecule has 1 amide bonds. The van der Waals surface area contributed by atoms with Gasteiger partial charge in [-0.15, -0.1) is 0 Å². The molecule has 2 rings (SSSR count). The maximum atomic E-state index is 12.5. The van der Waals surface area contributed by atoms with Crippen LogP contribution in [0, 0.1) is 5.92 Å². The van der Waals surface area contributed by atoms with Crippen molar-refractivity contribution in [2.75, 3.05) is 26.8 Å². The summed E-state index contributed by atoms with van der Waals surface area (Å²) in [6.45, 7) is 4.15. The van der Waals surface area contributed by atoms with Crippen LogP contribution in [0.15, 0.2) is 0 Å². The summed E-state index contributed by atoms with van der Waals surface area (Å²) < 4.78 is 5.43. The zero-order chi connectivity index (χ0) is 12.3. The molecule has 1 N–H and O–H groups in total. The van der Waals surface area contributed by atoms with Gasteiger partial charge in [0, 0.05) is 18.6 Å². The molecule has 0 spiro atoms. The standard InChI is InChI=1S/C13H24N2O2/c1-3-15(10-6-4-5-7-10)13(16)11-8-17-9-12(11)14-2/h10-12,14H,3-9H2,1-2H3. The fourth-order valence-corrected chi connectivity index (χ4v) is 3.11. The van der Waals surface area contributed by atoms with Gasteiger partial charge in [0.25, 0.3) is 0 Å². The molecule has 1 aliphatic carbocycles. The number of amides is 1. The van der Waals surface area contributed by atoms with Crippen molar-refractivity contribution in [2.24, 2.45) is 5.92 Å². The molecule has 0 aromatic heterocycles. The maximum Gasteiger partial charge on any atom is 0.229 e. The summed E-state index contributed by atoms with van der Waals surface area (Å²) in [5.74, 6) is 0.303. The minimum atomic E-state index is 0.0144. The number of carbonyl (C=O) groups is 1. The maximum absolute atomic E-state index is 12.5. The highest BCUT2D eigenvalue weighted by Gasteiger charge is 2.37. The van der Waals surface area contributed by atoms with Crippen LogP contribution in [0.4, 0.5) is 0 Å². The van der Waals surface area contributed by atoms with Gasteiger partial charge in [0.15, 0.2) is 0 Å². The van der Waals surface area contributed by atoms with Crippen molar-refractivity contribution in [2.45, 2.75) is 44.7 Å². The lowest BCUT2D eigenvalue weighted by Gasteiger charge is -2.31. The van der Waals surface area contributed by atoms with E-state index in [2.05, 4.69) is 17.1 Å². The van der Waals surface area contributed by atoms with Crippen molar-refractivity contribution in [3.63, 3.8) is 0 Å². The van der Waals surface area contributed by atoms with Gasteiger partial charge in [0.05, 0.1) is 19.1 Å². The predicted molar refractivity (Wildman–Crippen MR) is 66.8 cm³/mol. The van der Waals surface area contributed by atoms with E-state index in [9.17, 15) is 4.79 Å². The first-order valence-corrected chi connectivity index (χ1v) is 6.83. The first-order valence-electron chi connectivity index (χ1n) is 6.83. The summed E-state index contributed by atoms with van der Waals surface area (Å²) in [4.78, 5) is 14.6. The SMILES string of the molecule is CCN(C(=O)C1COCC1NC)C1CCCC1. The van der Waals surface area contributed by atoms with Gasteiger partial charge in [-0.3, -0.25) is 4.79 Å². The molecule has 1 saturated heterocycles. The molecule has 2 atom stereocenters. The van der Waals surface area contributed by atoms with Crippen LogP contribution in [0.5, 0.6) is 0 Å². The Kier molecular flexibility index (Phi) is 4.40. The van der Waals surface area contributed by atoms with Crippen LogP contribution >= 0.6 is 0 Å². The van der Waals surface area contributed by atoms with Crippen LogP contribution in [0.1, 0.15) is 32.6 Å². The number of rotatable bonds is 4. The van der Waals surface area contributed by atoms with Gasteiger partial charge < -0.3 is 15.0 Å². The molecular formula is C13H24N2O2. The highest BCUT2D eigenvalue weighted by atomic mass is 16.5. The fourth-order valence-electron chi connectivity index (χ4n) is 3.11. The molecular weight excluding hydrogens is 216 g/mol. The topological polar surface area (TPSA) is 41.6 Å². The zero-order valence-corrected chi connectivity index (χ0v) is 10.9. The number of likely N-dealkylation sites (N-methyl/N-ethyl adjacent to an activating group) is 1. The highest BCUT2D eigenvalue weighted by molar-refractivity contribution is 5.80. The van der Waals surface area contributed by atoms with Crippen LogP contribution in [0.25, 0.3) is 0 Å². The molecule has 2 aliphatic rings. The van der Waals surface area contributed by atoms with E-state index < -0.39 is 0 Å². The fraction of sp³-hybridized carbons (Fsp3) is 0.923. The molecule has 1 aliphatic heterocycles. The van der Waals surface area contributed by atoms with Crippen LogP contribution in [-0.4, -0.2) is 49.7 Å². The molecule has 2 unspecified atom stereocenters. The lowest BCUT2D eigenvalue weighted by Crippen LogP contribution is -2.48. The van der Waals surface area contributed by atoms with Gasteiger partial charge in [-0.1, -0.05) is 12.8 Å². The van der Waals surface area contributed by atoms with Crippen molar-refractivity contribution in [1.82, 2.24) is 10.2 Å². The lowest BCUT2D eigenvalue weighted by atomic mass is 10.0. The van der Waals surface area contributed by atoms with E-state index in [0.29, 0.717) is 19.3 Å². The number of nitrogens with one attached hydrogen (secondary N) is 1. The van der Waals surface area contributed by atoms with Crippen LogP contribution in [0.2, 0.25) is 0 Å². The molecule has 0 radical (unpaired) electrons. The summed E-state index contributed by atoms with van der Waals surface area (Å²) in [6, 6.07) is 0.670. The first kappa shape index (κ1) is 12.8. The molecule has 0 aromatic carbocycles. The molecule has 1 heterocycles. The predicted octanol–water partition coefficient (Wildman–Crippen LogP) is 1.01. The minimum absolute atomic E-state index is 0.0144. The number of carbonyl (C=O) groups excluding carboxylic acids is 1. The summed E-state index contributed by atoms with van der Waals surface area (Å²) >= 11 is 0. The second kappa shape index (κ2) is 5.83. The van der Waals surface area contributed by atoms with E-state index >= 15 is 0 Å². The minimum Gasteiger partial charge on any atom is -0.379 e. The Morgan fingerprint density at radius 1 is 1.35 bits per heavy atom. The summed E-state index contributed by atoms with van der Waals surface area (Å²) in [6.07, 6.45) is 4.89. The van der Waals surface area contributed by atoms with Crippen LogP contribution < -0.4 is 5.32 Å². The summed E-state index contributed by atoms with van der Waals surface area (Å²) in [5, 5.41) is 3.19. The quantitative estimate of drug-likeness (QED) is 0.797. The van der Waals surface area contributed by atoms with Gasteiger partial charge in [-0.25, -0.2) is 0 Å². The number of hydrogen-bond acceptors (Lipinski definition) is 3. The van der Waals surface area contributed by atoms with E-state index in [0.717, 1.165) is 6.54 Å². The normalized spacial score (nSPS) is 29.8. The highest BCUT2D eigenvalue weighted by Crippen LogP contribution is 2.26. The van der Waals surface area contributed by atoms with Gasteiger partial charge in [-0.05, 0) is 26.8 Å². The largest absolute Gasteiger partial charge is 0.379 e. The Balaban J connectivity index is 2.00. The van der Waals surface area contributed by atoms with E-state index in [4.69, 9.17) is 4.74 Å². The second-order valence-corrected chi connectivity index (χ2v) is 5.10. The van der Waals surface area contributed by atoms with Crippen molar-refractivity contribution in [1.29, 1.82) is 0 Å². The van der Waals surface area contributed by atoms with Crippen molar-refractivity contribution in [3.05, 3.63) is 0 Å². The zero-order valence-electron chi connectivity index (χ0n) is 10.9. The molecule has 2 fully saturated rings. The van der Waals surface area contributed by atoms with Crippen molar-refractivity contribution >= 4 is 5.91 Å². The molecule has 0 aromatic rings. The Morgan fingerprint density at radius 2 is 2.06 bits per heavy atom. The molecule has 0 bridgehead atoms. The van der Waals surface area contributed by atoms with Gasteiger partial charge >= 0.3 is 0 Å². The van der Waals surface area contributed by atoms with E-state index in [-0.39, 0.29) is 17.9 Å². The number of nitrogens with zero attached hydrogens (tertiary/aromatic N) is 1. The van der Waals surface area contributed by atoms with E-state index in [1.54, 1.807) is 0 Å². The Morgan fingerprint density at radius 3 is 2.65 bits per heavy atom. The van der Waals surface area contributed by atoms with Crippen molar-refractivity contribution in [3.8, 4) is 0 Å². The van der Waals surface area contributed by atoms with Gasteiger partial charge in [0.2, 0.25) is 5.91 Å². The Bertz CT molecular complexity index is 264. The Labute approximate surface area is 104 Å². The summed E-state index contributed by atoms with van der Waals surface area (Å²) in [7, 11) is 1.91. The van der Waals surface area contributed by atoms with Crippen LogP contribution in [-0.2, 0) is 9.53 Å². The molecule has 4 nitrogen and oxygen atoms in total. The van der Waals surface area contributed by atoms with Crippen molar-refractivity contribution < 1.29 is 9.53 Å². The molecule has 1 saturated carbocycles. The first-order chi connectivity index (χ1) is 8.27. The average Bonchev–Trinajstić information content (AvgIpc) is 3.00. The molecule has 4 heteroatoms. The van der Waals surface area contributed by atoms with E-state index in [1.807, 2.05) is 7.05 Å². The third kappa shape index (κ3) is 2.63. The second-order valence-electron chi connectivity index (χ2n) is 5.10. The molecule has 98 valence electrons. The summed E-state index contributed by atoms with van der Waals surface area (Å²) in [5.41, 5.74) is 0. The van der Waals surface area contributed by atoms with Gasteiger partial charge in [-0.2, -0.15) is 0 Å².